The van der Waals surface area contributed by atoms with E-state index < -0.39 is 41.6 Å². The molecule has 0 saturated carbocycles. The molecule has 5 rings (SSSR count). The molecule has 2 bridgehead atoms. The summed E-state index contributed by atoms with van der Waals surface area (Å²) in [5.41, 5.74) is 0.784. The Balaban J connectivity index is 1.51. The van der Waals surface area contributed by atoms with E-state index in [1.54, 1.807) is 13.0 Å². The first-order valence-corrected chi connectivity index (χ1v) is 15.8. The van der Waals surface area contributed by atoms with Crippen molar-refractivity contribution < 1.29 is 34.0 Å². The van der Waals surface area contributed by atoms with Crippen LogP contribution in [0.5, 0.6) is 0 Å². The first-order valence-electron chi connectivity index (χ1n) is 15.8. The Morgan fingerprint density at radius 1 is 1.17 bits per heavy atom. The summed E-state index contributed by atoms with van der Waals surface area (Å²) in [6.07, 6.45) is 12.9. The van der Waals surface area contributed by atoms with Crippen molar-refractivity contribution in [1.29, 1.82) is 0 Å². The number of carbonyl (C=O) groups excluding carboxylic acids is 1. The van der Waals surface area contributed by atoms with Gasteiger partial charge >= 0.3 is 5.97 Å². The van der Waals surface area contributed by atoms with Crippen LogP contribution in [0.1, 0.15) is 86.5 Å². The van der Waals surface area contributed by atoms with Crippen LogP contribution in [0.25, 0.3) is 0 Å². The minimum atomic E-state index is -1.68. The van der Waals surface area contributed by atoms with Crippen LogP contribution in [-0.2, 0) is 23.7 Å². The van der Waals surface area contributed by atoms with Crippen LogP contribution in [0.3, 0.4) is 0 Å². The number of aliphatic hydroxyl groups is 2. The number of aliphatic hydroxyl groups excluding tert-OH is 1. The topological polar surface area (TPSA) is 94.5 Å². The predicted molar refractivity (Wildman–Crippen MR) is 157 cm³/mol. The summed E-state index contributed by atoms with van der Waals surface area (Å²) in [4.78, 5) is 14.0. The van der Waals surface area contributed by atoms with Gasteiger partial charge in [-0.3, -0.25) is 4.79 Å². The minimum absolute atomic E-state index is 0.0850. The van der Waals surface area contributed by atoms with Crippen LogP contribution >= 0.6 is 0 Å². The van der Waals surface area contributed by atoms with Crippen molar-refractivity contribution in [2.24, 2.45) is 23.7 Å². The average molecular weight is 571 g/mol. The zero-order chi connectivity index (χ0) is 29.5. The van der Waals surface area contributed by atoms with Gasteiger partial charge in [-0.2, -0.15) is 0 Å². The first kappa shape index (κ1) is 30.7. The number of ether oxygens (including phenoxy) is 4. The fourth-order valence-electron chi connectivity index (χ4n) is 7.60. The summed E-state index contributed by atoms with van der Waals surface area (Å²) < 4.78 is 25.8. The molecule has 3 fully saturated rings. The van der Waals surface area contributed by atoms with Gasteiger partial charge in [0.15, 0.2) is 5.79 Å². The third-order valence-electron chi connectivity index (χ3n) is 10.2. The molecule has 0 unspecified atom stereocenters. The quantitative estimate of drug-likeness (QED) is 0.332. The summed E-state index contributed by atoms with van der Waals surface area (Å²) in [5, 5.41) is 23.0. The van der Waals surface area contributed by atoms with E-state index in [4.69, 9.17) is 18.9 Å². The lowest BCUT2D eigenvalue weighted by molar-refractivity contribution is -0.340. The van der Waals surface area contributed by atoms with E-state index in [-0.39, 0.29) is 24.7 Å². The van der Waals surface area contributed by atoms with Crippen molar-refractivity contribution in [2.45, 2.75) is 128 Å². The summed E-state index contributed by atoms with van der Waals surface area (Å²) in [6, 6.07) is 0. The van der Waals surface area contributed by atoms with E-state index in [9.17, 15) is 15.0 Å². The van der Waals surface area contributed by atoms with Gasteiger partial charge in [-0.25, -0.2) is 0 Å². The maximum absolute atomic E-state index is 14.0. The molecule has 228 valence electrons. The Bertz CT molecular complexity index is 1100. The second kappa shape index (κ2) is 12.1. The largest absolute Gasteiger partial charge is 0.462 e. The molecule has 3 saturated heterocycles. The average Bonchev–Trinajstić information content (AvgIpc) is 3.27. The summed E-state index contributed by atoms with van der Waals surface area (Å²) in [7, 11) is 0. The molecule has 7 nitrogen and oxygen atoms in total. The highest BCUT2D eigenvalue weighted by Gasteiger charge is 2.60. The first-order chi connectivity index (χ1) is 19.5. The Morgan fingerprint density at radius 3 is 2.71 bits per heavy atom. The van der Waals surface area contributed by atoms with Gasteiger partial charge in [0.1, 0.15) is 29.8 Å². The molecule has 4 aliphatic heterocycles. The molecular formula is C34H50O7. The number of rotatable bonds is 2. The second-order valence-electron chi connectivity index (χ2n) is 13.6. The molecule has 2 N–H and O–H groups in total. The number of hydrogen-bond donors (Lipinski definition) is 2. The Labute approximate surface area is 245 Å². The molecule has 11 atom stereocenters. The van der Waals surface area contributed by atoms with E-state index >= 15 is 0 Å². The Kier molecular flexibility index (Phi) is 9.04. The SMILES string of the molecule is CC[C@H](C)[C@H]1O[C@]2(CC[C@@H]1C)C[C@@H]1C[C@@H](C/C=C(\C)C[C@@H](C)/C=C/C=C3\CO[C@@H]4[C@H](O)C(C)=C[C@@H](C(=O)O1)[C@]34O)O2. The van der Waals surface area contributed by atoms with Crippen molar-refractivity contribution in [2.75, 3.05) is 6.61 Å². The van der Waals surface area contributed by atoms with E-state index in [0.29, 0.717) is 35.8 Å². The Hall–Kier alpha value is -1.77. The van der Waals surface area contributed by atoms with Gasteiger partial charge in [-0.1, -0.05) is 70.1 Å². The molecule has 4 heterocycles. The lowest BCUT2D eigenvalue weighted by Crippen LogP contribution is -2.58. The third-order valence-corrected chi connectivity index (χ3v) is 10.2. The zero-order valence-electron chi connectivity index (χ0n) is 25.7. The van der Waals surface area contributed by atoms with Crippen molar-refractivity contribution in [3.05, 3.63) is 47.1 Å². The highest BCUT2D eigenvalue weighted by Crippen LogP contribution is 2.47. The normalized spacial score (nSPS) is 47.7. The maximum atomic E-state index is 14.0. The van der Waals surface area contributed by atoms with Crippen molar-refractivity contribution in [3.8, 4) is 0 Å². The molecule has 7 heteroatoms. The van der Waals surface area contributed by atoms with Crippen molar-refractivity contribution >= 4 is 5.97 Å². The molecular weight excluding hydrogens is 520 g/mol. The van der Waals surface area contributed by atoms with Crippen LogP contribution in [0.4, 0.5) is 0 Å². The maximum Gasteiger partial charge on any atom is 0.316 e. The van der Waals surface area contributed by atoms with Crippen LogP contribution in [0, 0.1) is 23.7 Å². The third kappa shape index (κ3) is 6.03. The fourth-order valence-corrected chi connectivity index (χ4v) is 7.60. The fraction of sp³-hybridized carbons (Fsp3) is 0.735. The number of fused-ring (bicyclic) bond motifs is 2. The van der Waals surface area contributed by atoms with Gasteiger partial charge in [0, 0.05) is 19.3 Å². The molecule has 1 spiro atoms. The predicted octanol–water partition coefficient (Wildman–Crippen LogP) is 5.56. The monoisotopic (exact) mass is 570 g/mol. The molecule has 0 aromatic carbocycles. The summed E-state index contributed by atoms with van der Waals surface area (Å²) in [5.74, 6) is -1.16. The zero-order valence-corrected chi connectivity index (χ0v) is 25.7. The molecule has 41 heavy (non-hydrogen) atoms. The molecule has 0 radical (unpaired) electrons. The highest BCUT2D eigenvalue weighted by molar-refractivity contribution is 5.78. The number of carbonyl (C=O) groups is 1. The van der Waals surface area contributed by atoms with Gasteiger partial charge in [0.2, 0.25) is 0 Å². The van der Waals surface area contributed by atoms with Gasteiger partial charge in [0.05, 0.1) is 18.8 Å². The molecule has 0 aromatic rings. The molecule has 5 aliphatic rings. The molecule has 0 amide bonds. The highest BCUT2D eigenvalue weighted by atomic mass is 16.7. The van der Waals surface area contributed by atoms with Crippen LogP contribution in [0.15, 0.2) is 47.1 Å². The van der Waals surface area contributed by atoms with Crippen LogP contribution in [0.2, 0.25) is 0 Å². The molecule has 1 aliphatic carbocycles. The second-order valence-corrected chi connectivity index (χ2v) is 13.6. The van der Waals surface area contributed by atoms with E-state index in [1.165, 1.54) is 5.57 Å². The standard InChI is InChI=1S/C34H50O7/c1-7-22(4)30-23(5)13-14-33(41-30)18-27-17-26(40-33)12-11-21(3)15-20(2)9-8-10-25-19-38-31-29(35)24(6)16-28(32(36)39-27)34(25,31)37/h8-11,16,20,22-23,26-31,35,37H,7,12-15,17-19H2,1-6H3/b9-8+,21-11+,25-10+/t20-,22-,23-,26+,27-,28-,29+,30+,31+,33+,34+/m0/s1. The minimum Gasteiger partial charge on any atom is -0.462 e. The summed E-state index contributed by atoms with van der Waals surface area (Å²) >= 11 is 0. The van der Waals surface area contributed by atoms with Gasteiger partial charge in [-0.15, -0.1) is 0 Å². The lowest BCUT2D eigenvalue weighted by Gasteiger charge is -2.51. The number of allylic oxidation sites excluding steroid dienone is 4. The smallest absolute Gasteiger partial charge is 0.316 e. The number of esters is 1. The lowest BCUT2D eigenvalue weighted by atomic mass is 9.71. The van der Waals surface area contributed by atoms with Crippen molar-refractivity contribution in [1.82, 2.24) is 0 Å². The Morgan fingerprint density at radius 2 is 1.95 bits per heavy atom. The van der Waals surface area contributed by atoms with Gasteiger partial charge < -0.3 is 29.2 Å². The van der Waals surface area contributed by atoms with Gasteiger partial charge in [-0.05, 0) is 62.0 Å². The van der Waals surface area contributed by atoms with Gasteiger partial charge in [0.25, 0.3) is 0 Å². The van der Waals surface area contributed by atoms with Crippen molar-refractivity contribution in [3.63, 3.8) is 0 Å². The van der Waals surface area contributed by atoms with E-state index in [0.717, 1.165) is 32.1 Å². The van der Waals surface area contributed by atoms with Crippen LogP contribution < -0.4 is 0 Å². The summed E-state index contributed by atoms with van der Waals surface area (Å²) in [6.45, 7) is 12.9. The van der Waals surface area contributed by atoms with E-state index in [1.807, 2.05) is 12.2 Å². The number of hydrogen-bond acceptors (Lipinski definition) is 7. The molecule has 0 aromatic heterocycles. The van der Waals surface area contributed by atoms with E-state index in [2.05, 4.69) is 46.8 Å². The van der Waals surface area contributed by atoms with Crippen LogP contribution in [-0.4, -0.2) is 64.7 Å².